The fourth-order valence-electron chi connectivity index (χ4n) is 3.78. The van der Waals surface area contributed by atoms with E-state index in [0.29, 0.717) is 6.04 Å². The second-order valence-corrected chi connectivity index (χ2v) is 7.56. The summed E-state index contributed by atoms with van der Waals surface area (Å²) in [5.74, 6) is 1.80. The van der Waals surface area contributed by atoms with Crippen molar-refractivity contribution in [2.45, 2.75) is 52.0 Å². The van der Waals surface area contributed by atoms with Crippen LogP contribution in [0.3, 0.4) is 0 Å². The van der Waals surface area contributed by atoms with E-state index < -0.39 is 0 Å². The van der Waals surface area contributed by atoms with E-state index in [1.807, 2.05) is 11.3 Å². The van der Waals surface area contributed by atoms with Gasteiger partial charge in [-0.3, -0.25) is 0 Å². The fourth-order valence-corrected chi connectivity index (χ4v) is 4.76. The molecule has 1 aromatic heterocycles. The van der Waals surface area contributed by atoms with Crippen LogP contribution in [0.15, 0.2) is 29.6 Å². The normalized spacial score (nSPS) is 24.3. The molecule has 0 bridgehead atoms. The van der Waals surface area contributed by atoms with Crippen LogP contribution in [0.2, 0.25) is 0 Å². The number of likely N-dealkylation sites (N-methyl/N-ethyl adjacent to an activating group) is 1. The van der Waals surface area contributed by atoms with Crippen LogP contribution in [-0.4, -0.2) is 12.6 Å². The third-order valence-electron chi connectivity index (χ3n) is 5.10. The maximum atomic E-state index is 3.77. The topological polar surface area (TPSA) is 12.0 Å². The van der Waals surface area contributed by atoms with Gasteiger partial charge in [0.25, 0.3) is 0 Å². The molecule has 3 rings (SSSR count). The third-order valence-corrected chi connectivity index (χ3v) is 6.11. The van der Waals surface area contributed by atoms with Crippen molar-refractivity contribution in [2.24, 2.45) is 11.8 Å². The van der Waals surface area contributed by atoms with Gasteiger partial charge in [0.05, 0.1) is 0 Å². The molecule has 1 atom stereocenters. The zero-order chi connectivity index (χ0) is 14.7. The van der Waals surface area contributed by atoms with Crippen molar-refractivity contribution in [3.8, 4) is 0 Å². The first-order valence-corrected chi connectivity index (χ1v) is 9.34. The van der Waals surface area contributed by atoms with Crippen LogP contribution in [0.5, 0.6) is 0 Å². The molecule has 114 valence electrons. The Hall–Kier alpha value is -0.860. The Morgan fingerprint density at radius 3 is 2.71 bits per heavy atom. The van der Waals surface area contributed by atoms with Crippen molar-refractivity contribution in [3.63, 3.8) is 0 Å². The second kappa shape index (κ2) is 6.93. The number of benzene rings is 1. The minimum Gasteiger partial charge on any atom is -0.314 e. The minimum absolute atomic E-state index is 0.653. The molecule has 0 radical (unpaired) electrons. The summed E-state index contributed by atoms with van der Waals surface area (Å²) in [6.45, 7) is 5.73. The van der Waals surface area contributed by atoms with E-state index in [1.165, 1.54) is 42.2 Å². The van der Waals surface area contributed by atoms with Crippen LogP contribution in [0.1, 0.15) is 45.1 Å². The maximum Gasteiger partial charge on any atom is 0.0345 e. The first-order chi connectivity index (χ1) is 10.3. The molecule has 0 saturated heterocycles. The molecular weight excluding hydrogens is 274 g/mol. The van der Waals surface area contributed by atoms with Gasteiger partial charge in [-0.05, 0) is 60.0 Å². The highest BCUT2D eigenvalue weighted by Gasteiger charge is 2.26. The van der Waals surface area contributed by atoms with Crippen LogP contribution >= 0.6 is 11.3 Å². The smallest absolute Gasteiger partial charge is 0.0345 e. The van der Waals surface area contributed by atoms with E-state index in [9.17, 15) is 0 Å². The Kier molecular flexibility index (Phi) is 4.97. The Labute approximate surface area is 132 Å². The molecule has 1 nitrogen and oxygen atoms in total. The number of thiophene rings is 1. The van der Waals surface area contributed by atoms with E-state index >= 15 is 0 Å². The van der Waals surface area contributed by atoms with Gasteiger partial charge in [0.1, 0.15) is 0 Å². The van der Waals surface area contributed by atoms with Crippen LogP contribution in [0.4, 0.5) is 0 Å². The molecule has 1 aliphatic rings. The van der Waals surface area contributed by atoms with E-state index in [2.05, 4.69) is 48.8 Å². The van der Waals surface area contributed by atoms with Gasteiger partial charge in [0.2, 0.25) is 0 Å². The summed E-state index contributed by atoms with van der Waals surface area (Å²) in [5.41, 5.74) is 1.54. The largest absolute Gasteiger partial charge is 0.314 e. The Morgan fingerprint density at radius 1 is 1.19 bits per heavy atom. The predicted octanol–water partition coefficient (Wildman–Crippen LogP) is 5.25. The quantitative estimate of drug-likeness (QED) is 0.795. The highest BCUT2D eigenvalue weighted by molar-refractivity contribution is 7.17. The van der Waals surface area contributed by atoms with Crippen LogP contribution in [0.25, 0.3) is 10.1 Å². The molecule has 1 saturated carbocycles. The summed E-state index contributed by atoms with van der Waals surface area (Å²) in [6.07, 6.45) is 6.83. The number of hydrogen-bond donors (Lipinski definition) is 1. The molecule has 2 heteroatoms. The number of nitrogens with one attached hydrogen (secondary N) is 1. The summed E-state index contributed by atoms with van der Waals surface area (Å²) in [6, 6.07) is 9.50. The van der Waals surface area contributed by atoms with Crippen molar-refractivity contribution in [1.29, 1.82) is 0 Å². The second-order valence-electron chi connectivity index (χ2n) is 6.65. The molecule has 1 unspecified atom stereocenters. The van der Waals surface area contributed by atoms with Crippen molar-refractivity contribution < 1.29 is 0 Å². The first-order valence-electron chi connectivity index (χ1n) is 8.46. The van der Waals surface area contributed by atoms with E-state index in [0.717, 1.165) is 18.4 Å². The molecule has 1 aromatic carbocycles. The highest BCUT2D eigenvalue weighted by Crippen LogP contribution is 2.33. The zero-order valence-electron chi connectivity index (χ0n) is 13.3. The van der Waals surface area contributed by atoms with Gasteiger partial charge in [-0.2, -0.15) is 0 Å². The first kappa shape index (κ1) is 15.1. The van der Waals surface area contributed by atoms with Crippen molar-refractivity contribution in [1.82, 2.24) is 5.32 Å². The van der Waals surface area contributed by atoms with Crippen LogP contribution in [-0.2, 0) is 6.42 Å². The molecule has 0 aliphatic heterocycles. The molecule has 21 heavy (non-hydrogen) atoms. The minimum atomic E-state index is 0.653. The van der Waals surface area contributed by atoms with Gasteiger partial charge in [-0.1, -0.05) is 44.9 Å². The molecule has 1 heterocycles. The average molecular weight is 301 g/mol. The number of hydrogen-bond acceptors (Lipinski definition) is 2. The lowest BCUT2D eigenvalue weighted by molar-refractivity contribution is 0.230. The lowest BCUT2D eigenvalue weighted by Gasteiger charge is -2.33. The fraction of sp³-hybridized carbons (Fsp3) is 0.579. The van der Waals surface area contributed by atoms with Gasteiger partial charge in [0, 0.05) is 10.7 Å². The SMILES string of the molecule is CCNC(Cc1csc2ccccc12)C1CCC(C)CC1. The highest BCUT2D eigenvalue weighted by atomic mass is 32.1. The monoisotopic (exact) mass is 301 g/mol. The van der Waals surface area contributed by atoms with E-state index in [4.69, 9.17) is 0 Å². The standard InChI is InChI=1S/C19H27NS/c1-3-20-18(15-10-8-14(2)9-11-15)12-16-13-21-19-7-5-4-6-17(16)19/h4-7,13-15,18,20H,3,8-12H2,1-2H3. The summed E-state index contributed by atoms with van der Waals surface area (Å²) in [4.78, 5) is 0. The van der Waals surface area contributed by atoms with Crippen molar-refractivity contribution >= 4 is 21.4 Å². The zero-order valence-corrected chi connectivity index (χ0v) is 14.1. The van der Waals surface area contributed by atoms with Gasteiger partial charge in [0.15, 0.2) is 0 Å². The van der Waals surface area contributed by atoms with E-state index in [-0.39, 0.29) is 0 Å². The van der Waals surface area contributed by atoms with Gasteiger partial charge < -0.3 is 5.32 Å². The van der Waals surface area contributed by atoms with Gasteiger partial charge >= 0.3 is 0 Å². The summed E-state index contributed by atoms with van der Waals surface area (Å²) in [5, 5.41) is 7.62. The lowest BCUT2D eigenvalue weighted by atomic mass is 9.77. The van der Waals surface area contributed by atoms with Crippen LogP contribution < -0.4 is 5.32 Å². The molecule has 0 spiro atoms. The molecule has 1 N–H and O–H groups in total. The Balaban J connectivity index is 1.75. The molecular formula is C19H27NS. The Bertz CT molecular complexity index is 566. The lowest BCUT2D eigenvalue weighted by Crippen LogP contribution is -2.39. The third kappa shape index (κ3) is 3.49. The predicted molar refractivity (Wildman–Crippen MR) is 94.1 cm³/mol. The summed E-state index contributed by atoms with van der Waals surface area (Å²) >= 11 is 1.89. The molecule has 0 amide bonds. The van der Waals surface area contributed by atoms with Gasteiger partial charge in [-0.25, -0.2) is 0 Å². The van der Waals surface area contributed by atoms with Gasteiger partial charge in [-0.15, -0.1) is 11.3 Å². The van der Waals surface area contributed by atoms with Crippen LogP contribution in [0, 0.1) is 11.8 Å². The molecule has 1 fully saturated rings. The average Bonchev–Trinajstić information content (AvgIpc) is 2.91. The van der Waals surface area contributed by atoms with Crippen molar-refractivity contribution in [2.75, 3.05) is 6.54 Å². The summed E-state index contributed by atoms with van der Waals surface area (Å²) in [7, 11) is 0. The summed E-state index contributed by atoms with van der Waals surface area (Å²) < 4.78 is 1.43. The molecule has 2 aromatic rings. The Morgan fingerprint density at radius 2 is 1.95 bits per heavy atom. The molecule has 1 aliphatic carbocycles. The number of rotatable bonds is 5. The number of fused-ring (bicyclic) bond motifs is 1. The van der Waals surface area contributed by atoms with Crippen molar-refractivity contribution in [3.05, 3.63) is 35.2 Å². The van der Waals surface area contributed by atoms with E-state index in [1.54, 1.807) is 5.56 Å². The maximum absolute atomic E-state index is 3.77.